The Morgan fingerprint density at radius 3 is 2.26 bits per heavy atom. The summed E-state index contributed by atoms with van der Waals surface area (Å²) in [6.45, 7) is 17.8. The van der Waals surface area contributed by atoms with Gasteiger partial charge in [-0.05, 0) is 78.9 Å². The van der Waals surface area contributed by atoms with E-state index in [0.717, 1.165) is 19.3 Å². The Morgan fingerprint density at radius 2 is 1.63 bits per heavy atom. The van der Waals surface area contributed by atoms with Crippen LogP contribution in [0, 0.1) is 63.6 Å². The van der Waals surface area contributed by atoms with Crippen LogP contribution in [0.5, 0.6) is 0 Å². The Labute approximate surface area is 229 Å². The van der Waals surface area contributed by atoms with E-state index in [9.17, 15) is 20.1 Å². The van der Waals surface area contributed by atoms with Crippen molar-refractivity contribution in [2.24, 2.45) is 63.6 Å². The Bertz CT molecular complexity index is 983. The van der Waals surface area contributed by atoms with Gasteiger partial charge in [-0.2, -0.15) is 0 Å². The van der Waals surface area contributed by atoms with Gasteiger partial charge in [-0.25, -0.2) is 0 Å². The van der Waals surface area contributed by atoms with Crippen LogP contribution in [0.2, 0.25) is 0 Å². The Balaban J connectivity index is 1.38. The first-order chi connectivity index (χ1) is 17.6. The molecule has 16 atom stereocenters. The standard InChI is InChI=1S/C32H52O6/c1-15(2)17(4)29(6)14-22(29)16(3)20-9-10-21-23-24(26(36)27(31(20,21)8)37-18(5)33)30(7)12-11-19(34)13-32(30)28(38-32)25(23)35/h15-17,19-28,34-36H,9-14H2,1-8H3/t16?,17?,19-,20+,21?,22+,23?,24?,25?,26?,27+,28+,29+,30+,31+,32+/m0/s1. The molecule has 0 radical (unpaired) electrons. The molecule has 6 rings (SSSR count). The number of hydrogen-bond acceptors (Lipinski definition) is 6. The van der Waals surface area contributed by atoms with Gasteiger partial charge < -0.3 is 24.8 Å². The zero-order chi connectivity index (χ0) is 27.7. The van der Waals surface area contributed by atoms with Crippen LogP contribution in [-0.2, 0) is 14.3 Å². The summed E-state index contributed by atoms with van der Waals surface area (Å²) in [5, 5.41) is 34.6. The molecule has 6 aliphatic rings. The summed E-state index contributed by atoms with van der Waals surface area (Å²) in [6, 6.07) is 0. The smallest absolute Gasteiger partial charge is 0.303 e. The number of esters is 1. The molecule has 1 saturated heterocycles. The van der Waals surface area contributed by atoms with Crippen LogP contribution >= 0.6 is 0 Å². The van der Waals surface area contributed by atoms with E-state index in [4.69, 9.17) is 9.47 Å². The molecule has 1 aliphatic heterocycles. The highest BCUT2D eigenvalue weighted by Gasteiger charge is 2.82. The number of carbonyl (C=O) groups excluding carboxylic acids is 1. The van der Waals surface area contributed by atoms with E-state index in [2.05, 4.69) is 48.5 Å². The predicted octanol–water partition coefficient (Wildman–Crippen LogP) is 4.58. The van der Waals surface area contributed by atoms with Crippen LogP contribution in [0.1, 0.15) is 93.9 Å². The van der Waals surface area contributed by atoms with Crippen molar-refractivity contribution < 1.29 is 29.6 Å². The molecule has 0 bridgehead atoms. The van der Waals surface area contributed by atoms with E-state index in [1.165, 1.54) is 13.3 Å². The molecule has 1 heterocycles. The second-order valence-electron chi connectivity index (χ2n) is 15.7. The summed E-state index contributed by atoms with van der Waals surface area (Å²) < 4.78 is 12.5. The zero-order valence-electron chi connectivity index (χ0n) is 24.8. The van der Waals surface area contributed by atoms with Gasteiger partial charge in [0.15, 0.2) is 0 Å². The molecule has 38 heavy (non-hydrogen) atoms. The minimum absolute atomic E-state index is 0.0972. The van der Waals surface area contributed by atoms with E-state index < -0.39 is 35.4 Å². The maximum atomic E-state index is 12.5. The van der Waals surface area contributed by atoms with Gasteiger partial charge in [0.25, 0.3) is 0 Å². The van der Waals surface area contributed by atoms with E-state index >= 15 is 0 Å². The molecular weight excluding hydrogens is 480 g/mol. The number of fused-ring (bicyclic) bond motifs is 4. The Kier molecular flexibility index (Phi) is 6.09. The summed E-state index contributed by atoms with van der Waals surface area (Å²) in [6.07, 6.45) is 2.34. The van der Waals surface area contributed by atoms with E-state index in [-0.39, 0.29) is 35.2 Å². The van der Waals surface area contributed by atoms with Crippen molar-refractivity contribution in [3.8, 4) is 0 Å². The SMILES string of the molecule is CC(=O)O[C@@H]1C(O)C2C(C(O)[C@H]3O[C@]34C[C@@H](O)CC[C@]24C)C2CC[C@H](C(C)[C@H]3C[C@]3(C)C(C)C(C)C)[C@]21C. The first-order valence-electron chi connectivity index (χ1n) is 15.5. The quantitative estimate of drug-likeness (QED) is 0.354. The second-order valence-corrected chi connectivity index (χ2v) is 15.7. The van der Waals surface area contributed by atoms with Gasteiger partial charge in [0.05, 0.1) is 18.3 Å². The predicted molar refractivity (Wildman–Crippen MR) is 144 cm³/mol. The van der Waals surface area contributed by atoms with Crippen molar-refractivity contribution in [1.82, 2.24) is 0 Å². The number of ether oxygens (including phenoxy) is 2. The third kappa shape index (κ3) is 3.30. The molecule has 6 fully saturated rings. The van der Waals surface area contributed by atoms with Crippen molar-refractivity contribution in [2.45, 2.75) is 130 Å². The van der Waals surface area contributed by atoms with Gasteiger partial charge in [0.1, 0.15) is 17.8 Å². The molecule has 5 saturated carbocycles. The number of aliphatic hydroxyl groups excluding tert-OH is 3. The van der Waals surface area contributed by atoms with Crippen LogP contribution in [-0.4, -0.2) is 57.4 Å². The van der Waals surface area contributed by atoms with Crippen molar-refractivity contribution in [3.05, 3.63) is 0 Å². The summed E-state index contributed by atoms with van der Waals surface area (Å²) >= 11 is 0. The summed E-state index contributed by atoms with van der Waals surface area (Å²) in [7, 11) is 0. The van der Waals surface area contributed by atoms with Gasteiger partial charge in [-0.15, -0.1) is 0 Å². The van der Waals surface area contributed by atoms with E-state index in [1.54, 1.807) is 0 Å². The molecule has 0 amide bonds. The Morgan fingerprint density at radius 1 is 0.947 bits per heavy atom. The third-order valence-electron chi connectivity index (χ3n) is 14.2. The van der Waals surface area contributed by atoms with E-state index in [0.29, 0.717) is 47.8 Å². The number of epoxide rings is 1. The average molecular weight is 533 g/mol. The molecule has 216 valence electrons. The maximum Gasteiger partial charge on any atom is 0.303 e. The molecule has 0 aromatic heterocycles. The van der Waals surface area contributed by atoms with Crippen LogP contribution in [0.15, 0.2) is 0 Å². The number of hydrogen-bond donors (Lipinski definition) is 3. The fourth-order valence-electron chi connectivity index (χ4n) is 11.7. The fourth-order valence-corrected chi connectivity index (χ4v) is 11.7. The number of carbonyl (C=O) groups is 1. The zero-order valence-corrected chi connectivity index (χ0v) is 24.8. The fraction of sp³-hybridized carbons (Fsp3) is 0.969. The van der Waals surface area contributed by atoms with Crippen molar-refractivity contribution in [1.29, 1.82) is 0 Å². The van der Waals surface area contributed by atoms with Gasteiger partial charge >= 0.3 is 5.97 Å². The van der Waals surface area contributed by atoms with Crippen LogP contribution < -0.4 is 0 Å². The second kappa shape index (κ2) is 8.42. The molecule has 0 aromatic carbocycles. The third-order valence-corrected chi connectivity index (χ3v) is 14.2. The van der Waals surface area contributed by atoms with Crippen molar-refractivity contribution >= 4 is 5.97 Å². The molecule has 1 spiro atoms. The lowest BCUT2D eigenvalue weighted by molar-refractivity contribution is -0.250. The first-order valence-corrected chi connectivity index (χ1v) is 15.5. The summed E-state index contributed by atoms with van der Waals surface area (Å²) in [5.74, 6) is 2.17. The van der Waals surface area contributed by atoms with Crippen LogP contribution in [0.3, 0.4) is 0 Å². The molecule has 0 aromatic rings. The number of rotatable bonds is 5. The van der Waals surface area contributed by atoms with Crippen LogP contribution in [0.4, 0.5) is 0 Å². The molecular formula is C32H52O6. The van der Waals surface area contributed by atoms with Crippen molar-refractivity contribution in [3.63, 3.8) is 0 Å². The largest absolute Gasteiger partial charge is 0.459 e. The molecule has 5 aliphatic carbocycles. The Hall–Kier alpha value is -0.690. The highest BCUT2D eigenvalue weighted by molar-refractivity contribution is 5.66. The average Bonchev–Trinajstić information content (AvgIpc) is 3.71. The van der Waals surface area contributed by atoms with Gasteiger partial charge in [0, 0.05) is 30.1 Å². The highest BCUT2D eigenvalue weighted by atomic mass is 16.6. The normalized spacial score (nSPS) is 58.2. The number of aliphatic hydroxyl groups is 3. The highest BCUT2D eigenvalue weighted by Crippen LogP contribution is 2.75. The van der Waals surface area contributed by atoms with Crippen molar-refractivity contribution in [2.75, 3.05) is 0 Å². The lowest BCUT2D eigenvalue weighted by Crippen LogP contribution is -2.71. The van der Waals surface area contributed by atoms with Crippen LogP contribution in [0.25, 0.3) is 0 Å². The summed E-state index contributed by atoms with van der Waals surface area (Å²) in [4.78, 5) is 12.5. The summed E-state index contributed by atoms with van der Waals surface area (Å²) in [5.41, 5.74) is -1.03. The lowest BCUT2D eigenvalue weighted by atomic mass is 9.42. The lowest BCUT2D eigenvalue weighted by Gasteiger charge is -2.63. The minimum atomic E-state index is -0.866. The van der Waals surface area contributed by atoms with Gasteiger partial charge in [-0.1, -0.05) is 48.5 Å². The molecule has 6 heteroatoms. The van der Waals surface area contributed by atoms with Gasteiger partial charge in [-0.3, -0.25) is 4.79 Å². The first kappa shape index (κ1) is 27.5. The van der Waals surface area contributed by atoms with Gasteiger partial charge in [0.2, 0.25) is 0 Å². The monoisotopic (exact) mass is 532 g/mol. The molecule has 6 nitrogen and oxygen atoms in total. The van der Waals surface area contributed by atoms with E-state index in [1.807, 2.05) is 0 Å². The maximum absolute atomic E-state index is 12.5. The minimum Gasteiger partial charge on any atom is -0.459 e. The molecule has 3 N–H and O–H groups in total. The topological polar surface area (TPSA) is 99.5 Å². The molecule has 7 unspecified atom stereocenters.